The van der Waals surface area contributed by atoms with Gasteiger partial charge >= 0.3 is 0 Å². The highest BCUT2D eigenvalue weighted by Crippen LogP contribution is 2.21. The Morgan fingerprint density at radius 2 is 1.95 bits per heavy atom. The van der Waals surface area contributed by atoms with Crippen LogP contribution in [0.5, 0.6) is 0 Å². The predicted molar refractivity (Wildman–Crippen MR) is 89.5 cm³/mol. The van der Waals surface area contributed by atoms with Gasteiger partial charge in [-0.1, -0.05) is 31.5 Å². The van der Waals surface area contributed by atoms with E-state index in [-0.39, 0.29) is 0 Å². The first-order valence-electron chi connectivity index (χ1n) is 8.42. The van der Waals surface area contributed by atoms with E-state index in [1.807, 2.05) is 6.20 Å². The van der Waals surface area contributed by atoms with Crippen LogP contribution in [0.25, 0.3) is 10.9 Å². The Labute approximate surface area is 128 Å². The number of nitrogens with zero attached hydrogens (tertiary/aromatic N) is 2. The van der Waals surface area contributed by atoms with Crippen LogP contribution < -0.4 is 0 Å². The van der Waals surface area contributed by atoms with Crippen molar-refractivity contribution in [3.05, 3.63) is 42.1 Å². The highest BCUT2D eigenvalue weighted by atomic mass is 15.1. The van der Waals surface area contributed by atoms with Gasteiger partial charge in [-0.15, -0.1) is 0 Å². The van der Waals surface area contributed by atoms with E-state index in [0.717, 1.165) is 17.9 Å². The molecule has 1 aliphatic heterocycles. The van der Waals surface area contributed by atoms with Crippen LogP contribution in [-0.2, 0) is 6.42 Å². The second kappa shape index (κ2) is 7.04. The summed E-state index contributed by atoms with van der Waals surface area (Å²) >= 11 is 0. The van der Waals surface area contributed by atoms with Crippen LogP contribution in [0.1, 0.15) is 38.2 Å². The number of hydrogen-bond donors (Lipinski definition) is 0. The third kappa shape index (κ3) is 3.62. The number of benzene rings is 1. The van der Waals surface area contributed by atoms with Crippen LogP contribution >= 0.6 is 0 Å². The third-order valence-corrected chi connectivity index (χ3v) is 4.94. The molecule has 2 heterocycles. The van der Waals surface area contributed by atoms with Crippen LogP contribution in [0, 0.1) is 5.92 Å². The van der Waals surface area contributed by atoms with Crippen molar-refractivity contribution in [3.8, 4) is 0 Å². The molecule has 0 N–H and O–H groups in total. The maximum absolute atomic E-state index is 4.45. The van der Waals surface area contributed by atoms with E-state index < -0.39 is 0 Å². The van der Waals surface area contributed by atoms with Gasteiger partial charge in [0.15, 0.2) is 0 Å². The van der Waals surface area contributed by atoms with Gasteiger partial charge in [-0.25, -0.2) is 0 Å². The van der Waals surface area contributed by atoms with Gasteiger partial charge in [0.05, 0.1) is 5.52 Å². The first-order valence-corrected chi connectivity index (χ1v) is 8.42. The van der Waals surface area contributed by atoms with Crippen molar-refractivity contribution in [1.82, 2.24) is 9.88 Å². The molecule has 2 nitrogen and oxygen atoms in total. The molecule has 1 aromatic heterocycles. The molecule has 1 aromatic carbocycles. The van der Waals surface area contributed by atoms with E-state index in [2.05, 4.69) is 47.1 Å². The predicted octanol–water partition coefficient (Wildman–Crippen LogP) is 4.29. The summed E-state index contributed by atoms with van der Waals surface area (Å²) < 4.78 is 0. The van der Waals surface area contributed by atoms with Crippen molar-refractivity contribution in [2.24, 2.45) is 5.92 Å². The van der Waals surface area contributed by atoms with Gasteiger partial charge in [-0.2, -0.15) is 0 Å². The summed E-state index contributed by atoms with van der Waals surface area (Å²) in [5, 5.41) is 1.32. The second-order valence-electron chi connectivity index (χ2n) is 6.28. The Morgan fingerprint density at radius 1 is 1.14 bits per heavy atom. The lowest BCUT2D eigenvalue weighted by atomic mass is 9.94. The van der Waals surface area contributed by atoms with E-state index in [0.29, 0.717) is 0 Å². The summed E-state index contributed by atoms with van der Waals surface area (Å²) in [5.74, 6) is 0.977. The minimum Gasteiger partial charge on any atom is -0.303 e. The van der Waals surface area contributed by atoms with Crippen molar-refractivity contribution in [3.63, 3.8) is 0 Å². The molecule has 0 amide bonds. The molecule has 2 heteroatoms. The largest absolute Gasteiger partial charge is 0.303 e. The number of likely N-dealkylation sites (tertiary alicyclic amines) is 1. The van der Waals surface area contributed by atoms with Gasteiger partial charge < -0.3 is 4.90 Å². The maximum atomic E-state index is 4.45. The van der Waals surface area contributed by atoms with Crippen molar-refractivity contribution in [1.29, 1.82) is 0 Å². The Bertz CT molecular complexity index is 565. The molecular formula is C19H26N2. The van der Waals surface area contributed by atoms with Crippen molar-refractivity contribution >= 4 is 10.9 Å². The standard InChI is InChI=1S/C19H26N2/c1-2-16-10-14-21(15-11-16)13-5-6-17-9-12-20-19-8-4-3-7-18(17)19/h3-4,7-9,12,16H,2,5-6,10-11,13-15H2,1H3. The van der Waals surface area contributed by atoms with Crippen LogP contribution in [0.15, 0.2) is 36.5 Å². The fraction of sp³-hybridized carbons (Fsp3) is 0.526. The van der Waals surface area contributed by atoms with Crippen LogP contribution in [0.2, 0.25) is 0 Å². The smallest absolute Gasteiger partial charge is 0.0704 e. The molecule has 0 saturated carbocycles. The van der Waals surface area contributed by atoms with Gasteiger partial charge in [0.1, 0.15) is 0 Å². The average molecular weight is 282 g/mol. The van der Waals surface area contributed by atoms with Gasteiger partial charge in [0.2, 0.25) is 0 Å². The first-order chi connectivity index (χ1) is 10.4. The van der Waals surface area contributed by atoms with E-state index >= 15 is 0 Å². The number of hydrogen-bond acceptors (Lipinski definition) is 2. The van der Waals surface area contributed by atoms with E-state index in [4.69, 9.17) is 0 Å². The van der Waals surface area contributed by atoms with Gasteiger partial charge in [0, 0.05) is 11.6 Å². The average Bonchev–Trinajstić information content (AvgIpc) is 2.56. The van der Waals surface area contributed by atoms with Gasteiger partial charge in [0.25, 0.3) is 0 Å². The zero-order chi connectivity index (χ0) is 14.5. The Kier molecular flexibility index (Phi) is 4.87. The molecule has 1 saturated heterocycles. The molecule has 1 aliphatic rings. The summed E-state index contributed by atoms with van der Waals surface area (Å²) in [4.78, 5) is 7.10. The zero-order valence-corrected chi connectivity index (χ0v) is 13.1. The Balaban J connectivity index is 1.53. The van der Waals surface area contributed by atoms with E-state index in [9.17, 15) is 0 Å². The number of rotatable bonds is 5. The lowest BCUT2D eigenvalue weighted by Gasteiger charge is -2.31. The number of para-hydroxylation sites is 1. The van der Waals surface area contributed by atoms with Crippen molar-refractivity contribution < 1.29 is 0 Å². The molecular weight excluding hydrogens is 256 g/mol. The number of pyridine rings is 1. The number of aryl methyl sites for hydroxylation is 1. The minimum absolute atomic E-state index is 0.977. The molecule has 1 fully saturated rings. The normalized spacial score (nSPS) is 17.4. The highest BCUT2D eigenvalue weighted by molar-refractivity contribution is 5.81. The van der Waals surface area contributed by atoms with Crippen LogP contribution in [-0.4, -0.2) is 29.5 Å². The number of piperidine rings is 1. The van der Waals surface area contributed by atoms with Gasteiger partial charge in [-0.3, -0.25) is 4.98 Å². The molecule has 112 valence electrons. The molecule has 0 radical (unpaired) electrons. The molecule has 0 spiro atoms. The molecule has 2 aromatic rings. The Hall–Kier alpha value is -1.41. The fourth-order valence-corrected chi connectivity index (χ4v) is 3.48. The first kappa shape index (κ1) is 14.5. The molecule has 0 atom stereocenters. The summed E-state index contributed by atoms with van der Waals surface area (Å²) in [6.45, 7) is 6.17. The number of fused-ring (bicyclic) bond motifs is 1. The molecule has 21 heavy (non-hydrogen) atoms. The SMILES string of the molecule is CCC1CCN(CCCc2ccnc3ccccc23)CC1. The van der Waals surface area contributed by atoms with Crippen LogP contribution in [0.4, 0.5) is 0 Å². The van der Waals surface area contributed by atoms with Crippen molar-refractivity contribution in [2.45, 2.75) is 39.0 Å². The summed E-state index contributed by atoms with van der Waals surface area (Å²) in [6.07, 6.45) is 8.52. The summed E-state index contributed by atoms with van der Waals surface area (Å²) in [5.41, 5.74) is 2.57. The van der Waals surface area contributed by atoms with E-state index in [1.54, 1.807) is 0 Å². The number of aromatic nitrogens is 1. The Morgan fingerprint density at radius 3 is 2.76 bits per heavy atom. The molecule has 0 unspecified atom stereocenters. The molecule has 3 rings (SSSR count). The monoisotopic (exact) mass is 282 g/mol. The maximum Gasteiger partial charge on any atom is 0.0704 e. The lowest BCUT2D eigenvalue weighted by molar-refractivity contribution is 0.180. The summed E-state index contributed by atoms with van der Waals surface area (Å²) in [6, 6.07) is 10.7. The van der Waals surface area contributed by atoms with Crippen molar-refractivity contribution in [2.75, 3.05) is 19.6 Å². The van der Waals surface area contributed by atoms with Crippen LogP contribution in [0.3, 0.4) is 0 Å². The quantitative estimate of drug-likeness (QED) is 0.813. The third-order valence-electron chi connectivity index (χ3n) is 4.94. The zero-order valence-electron chi connectivity index (χ0n) is 13.1. The topological polar surface area (TPSA) is 16.1 Å². The van der Waals surface area contributed by atoms with Gasteiger partial charge in [-0.05, 0) is 68.9 Å². The minimum atomic E-state index is 0.977. The molecule has 0 aliphatic carbocycles. The molecule has 0 bridgehead atoms. The lowest BCUT2D eigenvalue weighted by Crippen LogP contribution is -2.34. The fourth-order valence-electron chi connectivity index (χ4n) is 3.48. The summed E-state index contributed by atoms with van der Waals surface area (Å²) in [7, 11) is 0. The van der Waals surface area contributed by atoms with E-state index in [1.165, 1.54) is 56.3 Å². The highest BCUT2D eigenvalue weighted by Gasteiger charge is 2.17. The second-order valence-corrected chi connectivity index (χ2v) is 6.28.